The second-order valence-corrected chi connectivity index (χ2v) is 5.27. The molecule has 0 spiro atoms. The van der Waals surface area contributed by atoms with E-state index < -0.39 is 0 Å². The normalized spacial score (nSPS) is 10.7. The third kappa shape index (κ3) is 2.88. The molecule has 6 nitrogen and oxygen atoms in total. The van der Waals surface area contributed by atoms with Crippen LogP contribution >= 0.6 is 0 Å². The number of aromatic nitrogens is 3. The van der Waals surface area contributed by atoms with Gasteiger partial charge < -0.3 is 13.8 Å². The summed E-state index contributed by atoms with van der Waals surface area (Å²) in [7, 11) is 1.59. The van der Waals surface area contributed by atoms with Gasteiger partial charge in [-0.05, 0) is 37.6 Å². The van der Waals surface area contributed by atoms with Crippen molar-refractivity contribution in [3.63, 3.8) is 0 Å². The lowest BCUT2D eigenvalue weighted by atomic mass is 10.2. The maximum atomic E-state index is 12.2. The summed E-state index contributed by atoms with van der Waals surface area (Å²) < 4.78 is 12.1. The SMILES string of the molecule is COc1ccccc1-c1noc(Cn2ccc(C)c(C)c2=O)n1. The molecule has 118 valence electrons. The Hall–Kier alpha value is -2.89. The molecule has 0 aliphatic rings. The molecular weight excluding hydrogens is 294 g/mol. The van der Waals surface area contributed by atoms with E-state index in [1.165, 1.54) is 0 Å². The van der Waals surface area contributed by atoms with E-state index in [1.54, 1.807) is 17.9 Å². The number of aryl methyl sites for hydroxylation is 1. The van der Waals surface area contributed by atoms with Crippen molar-refractivity contribution in [1.29, 1.82) is 0 Å². The summed E-state index contributed by atoms with van der Waals surface area (Å²) in [5, 5.41) is 3.98. The molecule has 0 radical (unpaired) electrons. The summed E-state index contributed by atoms with van der Waals surface area (Å²) in [6.07, 6.45) is 1.73. The number of rotatable bonds is 4. The van der Waals surface area contributed by atoms with Gasteiger partial charge >= 0.3 is 0 Å². The maximum absolute atomic E-state index is 12.2. The number of hydrogen-bond donors (Lipinski definition) is 0. The van der Waals surface area contributed by atoms with Crippen molar-refractivity contribution in [2.75, 3.05) is 7.11 Å². The monoisotopic (exact) mass is 311 g/mol. The predicted octanol–water partition coefficient (Wildman–Crippen LogP) is 2.57. The molecular formula is C17H17N3O3. The predicted molar refractivity (Wildman–Crippen MR) is 85.6 cm³/mol. The summed E-state index contributed by atoms with van der Waals surface area (Å²) in [6.45, 7) is 3.96. The fourth-order valence-corrected chi connectivity index (χ4v) is 2.31. The lowest BCUT2D eigenvalue weighted by Crippen LogP contribution is -2.23. The number of pyridine rings is 1. The minimum Gasteiger partial charge on any atom is -0.496 e. The van der Waals surface area contributed by atoms with E-state index in [-0.39, 0.29) is 12.1 Å². The molecule has 0 saturated heterocycles. The highest BCUT2D eigenvalue weighted by Crippen LogP contribution is 2.27. The second-order valence-electron chi connectivity index (χ2n) is 5.27. The van der Waals surface area contributed by atoms with Gasteiger partial charge in [0, 0.05) is 11.8 Å². The maximum Gasteiger partial charge on any atom is 0.254 e. The summed E-state index contributed by atoms with van der Waals surface area (Å²) in [4.78, 5) is 16.6. The highest BCUT2D eigenvalue weighted by molar-refractivity contribution is 5.63. The van der Waals surface area contributed by atoms with Crippen LogP contribution in [0.5, 0.6) is 5.75 Å². The standard InChI is InChI=1S/C17H17N3O3/c1-11-8-9-20(17(21)12(11)2)10-15-18-16(19-23-15)13-6-4-5-7-14(13)22-3/h4-9H,10H2,1-3H3. The Morgan fingerprint density at radius 3 is 2.78 bits per heavy atom. The van der Waals surface area contributed by atoms with Crippen molar-refractivity contribution in [2.24, 2.45) is 0 Å². The van der Waals surface area contributed by atoms with Crippen molar-refractivity contribution in [1.82, 2.24) is 14.7 Å². The fourth-order valence-electron chi connectivity index (χ4n) is 2.31. The molecule has 0 unspecified atom stereocenters. The Balaban J connectivity index is 1.91. The molecule has 0 bridgehead atoms. The lowest BCUT2D eigenvalue weighted by Gasteiger charge is -2.05. The van der Waals surface area contributed by atoms with Gasteiger partial charge in [-0.25, -0.2) is 0 Å². The quantitative estimate of drug-likeness (QED) is 0.740. The molecule has 0 saturated carbocycles. The van der Waals surface area contributed by atoms with Gasteiger partial charge in [0.25, 0.3) is 5.56 Å². The van der Waals surface area contributed by atoms with Gasteiger partial charge in [0.05, 0.1) is 12.7 Å². The van der Waals surface area contributed by atoms with E-state index in [9.17, 15) is 4.79 Å². The molecule has 1 aromatic carbocycles. The number of hydrogen-bond acceptors (Lipinski definition) is 5. The molecule has 3 aromatic rings. The smallest absolute Gasteiger partial charge is 0.254 e. The van der Waals surface area contributed by atoms with E-state index in [0.717, 1.165) is 16.7 Å². The Morgan fingerprint density at radius 1 is 1.22 bits per heavy atom. The molecule has 0 N–H and O–H groups in total. The molecule has 0 fully saturated rings. The zero-order valence-corrected chi connectivity index (χ0v) is 13.2. The first kappa shape index (κ1) is 15.0. The number of methoxy groups -OCH3 is 1. The van der Waals surface area contributed by atoms with Crippen LogP contribution in [0.2, 0.25) is 0 Å². The molecule has 0 aliphatic carbocycles. The number of benzene rings is 1. The lowest BCUT2D eigenvalue weighted by molar-refractivity contribution is 0.369. The minimum absolute atomic E-state index is 0.0537. The Bertz CT molecular complexity index is 896. The van der Waals surface area contributed by atoms with Crippen molar-refractivity contribution >= 4 is 0 Å². The first-order valence-electron chi connectivity index (χ1n) is 7.22. The summed E-state index contributed by atoms with van der Waals surface area (Å²) >= 11 is 0. The Kier molecular flexibility index (Phi) is 3.97. The zero-order chi connectivity index (χ0) is 16.4. The molecule has 6 heteroatoms. The Morgan fingerprint density at radius 2 is 2.00 bits per heavy atom. The summed E-state index contributed by atoms with van der Waals surface area (Å²) in [5.74, 6) is 1.48. The van der Waals surface area contributed by atoms with Gasteiger partial charge in [-0.1, -0.05) is 17.3 Å². The topological polar surface area (TPSA) is 70.2 Å². The van der Waals surface area contributed by atoms with Crippen molar-refractivity contribution < 1.29 is 9.26 Å². The molecule has 2 heterocycles. The van der Waals surface area contributed by atoms with Crippen LogP contribution in [0.25, 0.3) is 11.4 Å². The third-order valence-electron chi connectivity index (χ3n) is 3.80. The molecule has 0 amide bonds. The van der Waals surface area contributed by atoms with Gasteiger partial charge in [-0.15, -0.1) is 0 Å². The van der Waals surface area contributed by atoms with Crippen LogP contribution in [0.3, 0.4) is 0 Å². The van der Waals surface area contributed by atoms with E-state index >= 15 is 0 Å². The van der Waals surface area contributed by atoms with Crippen LogP contribution in [-0.4, -0.2) is 21.8 Å². The van der Waals surface area contributed by atoms with Crippen LogP contribution in [-0.2, 0) is 6.54 Å². The van der Waals surface area contributed by atoms with E-state index in [0.29, 0.717) is 17.5 Å². The second kappa shape index (κ2) is 6.08. The largest absolute Gasteiger partial charge is 0.496 e. The average molecular weight is 311 g/mol. The minimum atomic E-state index is -0.0537. The van der Waals surface area contributed by atoms with Gasteiger partial charge in [0.15, 0.2) is 0 Å². The van der Waals surface area contributed by atoms with Crippen LogP contribution < -0.4 is 10.3 Å². The van der Waals surface area contributed by atoms with Gasteiger partial charge in [-0.3, -0.25) is 4.79 Å². The zero-order valence-electron chi connectivity index (χ0n) is 13.2. The number of para-hydroxylation sites is 1. The van der Waals surface area contributed by atoms with E-state index in [2.05, 4.69) is 10.1 Å². The number of ether oxygens (including phenoxy) is 1. The highest BCUT2D eigenvalue weighted by Gasteiger charge is 2.14. The number of nitrogens with zero attached hydrogens (tertiary/aromatic N) is 3. The summed E-state index contributed by atoms with van der Waals surface area (Å²) in [5.41, 5.74) is 2.38. The van der Waals surface area contributed by atoms with Crippen LogP contribution in [0.1, 0.15) is 17.0 Å². The van der Waals surface area contributed by atoms with Crippen molar-refractivity contribution in [2.45, 2.75) is 20.4 Å². The van der Waals surface area contributed by atoms with Crippen LogP contribution in [0.15, 0.2) is 45.8 Å². The van der Waals surface area contributed by atoms with Crippen molar-refractivity contribution in [3.05, 3.63) is 63.9 Å². The molecule has 2 aromatic heterocycles. The van der Waals surface area contributed by atoms with Gasteiger partial charge in [0.1, 0.15) is 12.3 Å². The van der Waals surface area contributed by atoms with Crippen molar-refractivity contribution in [3.8, 4) is 17.1 Å². The molecule has 0 aliphatic heterocycles. The highest BCUT2D eigenvalue weighted by atomic mass is 16.5. The third-order valence-corrected chi connectivity index (χ3v) is 3.80. The molecule has 0 atom stereocenters. The fraction of sp³-hybridized carbons (Fsp3) is 0.235. The first-order valence-corrected chi connectivity index (χ1v) is 7.22. The van der Waals surface area contributed by atoms with Crippen LogP contribution in [0, 0.1) is 13.8 Å². The Labute approximate surface area is 133 Å². The molecule has 3 rings (SSSR count). The average Bonchev–Trinajstić information content (AvgIpc) is 3.04. The van der Waals surface area contributed by atoms with Gasteiger partial charge in [-0.2, -0.15) is 4.98 Å². The summed E-state index contributed by atoms with van der Waals surface area (Å²) in [6, 6.07) is 9.34. The van der Waals surface area contributed by atoms with Crippen LogP contribution in [0.4, 0.5) is 0 Å². The van der Waals surface area contributed by atoms with Gasteiger partial charge in [0.2, 0.25) is 11.7 Å². The van der Waals surface area contributed by atoms with E-state index in [1.807, 2.05) is 44.2 Å². The first-order chi connectivity index (χ1) is 11.1. The van der Waals surface area contributed by atoms with E-state index in [4.69, 9.17) is 9.26 Å². The molecule has 23 heavy (non-hydrogen) atoms.